The quantitative estimate of drug-likeness (QED) is 0.616. The molecule has 2 rings (SSSR count). The number of methoxy groups -OCH3 is 1. The van der Waals surface area contributed by atoms with Gasteiger partial charge in [0.05, 0.1) is 24.1 Å². The molecule has 0 heterocycles. The molecule has 0 radical (unpaired) electrons. The third-order valence-electron chi connectivity index (χ3n) is 3.36. The van der Waals surface area contributed by atoms with Gasteiger partial charge in [0.25, 0.3) is 0 Å². The number of nitrogens with one attached hydrogen (secondary N) is 2. The molecule has 120 valence electrons. The zero-order valence-corrected chi connectivity index (χ0v) is 11.8. The van der Waals surface area contributed by atoms with Crippen molar-refractivity contribution in [2.45, 2.75) is 6.42 Å². The topological polar surface area (TPSA) is 67.4 Å². The lowest BCUT2D eigenvalue weighted by molar-refractivity contribution is -0.125. The third-order valence-corrected chi connectivity index (χ3v) is 3.36. The van der Waals surface area contributed by atoms with Crippen LogP contribution in [0.25, 0.3) is 0 Å². The standard InChI is InChI=1S/C14H15F3N2O3/c1-22-5-4-18-13(20)7-6-8(7)14(21)19-10-3-2-9(15)11(16)12(10)17/h2-3,7-8H,4-6H2,1H3,(H,18,20)(H,19,21). The van der Waals surface area contributed by atoms with E-state index in [1.54, 1.807) is 0 Å². The lowest BCUT2D eigenvalue weighted by Gasteiger charge is -2.07. The van der Waals surface area contributed by atoms with Gasteiger partial charge in [0.15, 0.2) is 17.5 Å². The maximum Gasteiger partial charge on any atom is 0.228 e. The second-order valence-corrected chi connectivity index (χ2v) is 4.94. The van der Waals surface area contributed by atoms with Crippen LogP contribution in [-0.2, 0) is 14.3 Å². The second kappa shape index (κ2) is 6.78. The summed E-state index contributed by atoms with van der Waals surface area (Å²) < 4.78 is 44.1. The van der Waals surface area contributed by atoms with Crippen molar-refractivity contribution in [3.05, 3.63) is 29.6 Å². The molecule has 2 unspecified atom stereocenters. The summed E-state index contributed by atoms with van der Waals surface area (Å²) in [5.41, 5.74) is -0.450. The Balaban J connectivity index is 1.90. The van der Waals surface area contributed by atoms with E-state index >= 15 is 0 Å². The monoisotopic (exact) mass is 316 g/mol. The molecule has 0 aromatic heterocycles. The van der Waals surface area contributed by atoms with E-state index in [0.717, 1.165) is 12.1 Å². The van der Waals surface area contributed by atoms with Crippen LogP contribution in [0.1, 0.15) is 6.42 Å². The normalized spacial score (nSPS) is 19.6. The summed E-state index contributed by atoms with van der Waals surface area (Å²) in [7, 11) is 1.50. The zero-order valence-electron chi connectivity index (χ0n) is 11.8. The van der Waals surface area contributed by atoms with E-state index < -0.39 is 40.9 Å². The third kappa shape index (κ3) is 3.56. The lowest BCUT2D eigenvalue weighted by atomic mass is 10.2. The van der Waals surface area contributed by atoms with Gasteiger partial charge in [-0.15, -0.1) is 0 Å². The van der Waals surface area contributed by atoms with Crippen LogP contribution in [0.5, 0.6) is 0 Å². The van der Waals surface area contributed by atoms with Crippen molar-refractivity contribution in [2.75, 3.05) is 25.6 Å². The number of hydrogen-bond donors (Lipinski definition) is 2. The van der Waals surface area contributed by atoms with Gasteiger partial charge in [-0.1, -0.05) is 0 Å². The number of benzene rings is 1. The second-order valence-electron chi connectivity index (χ2n) is 4.94. The van der Waals surface area contributed by atoms with Gasteiger partial charge in [0, 0.05) is 13.7 Å². The van der Waals surface area contributed by atoms with Crippen LogP contribution >= 0.6 is 0 Å². The number of ether oxygens (including phenoxy) is 1. The van der Waals surface area contributed by atoms with E-state index in [4.69, 9.17) is 4.74 Å². The van der Waals surface area contributed by atoms with Gasteiger partial charge < -0.3 is 15.4 Å². The van der Waals surface area contributed by atoms with E-state index in [0.29, 0.717) is 19.6 Å². The van der Waals surface area contributed by atoms with Crippen LogP contribution in [0, 0.1) is 29.3 Å². The summed E-state index contributed by atoms with van der Waals surface area (Å²) in [4.78, 5) is 23.6. The summed E-state index contributed by atoms with van der Waals surface area (Å²) in [5, 5.41) is 4.76. The number of carbonyl (C=O) groups excluding carboxylic acids is 2. The molecule has 2 amide bonds. The molecule has 1 fully saturated rings. The van der Waals surface area contributed by atoms with Gasteiger partial charge >= 0.3 is 0 Å². The van der Waals surface area contributed by atoms with Crippen LogP contribution in [0.2, 0.25) is 0 Å². The van der Waals surface area contributed by atoms with Crippen molar-refractivity contribution < 1.29 is 27.5 Å². The highest BCUT2D eigenvalue weighted by Crippen LogP contribution is 2.39. The number of carbonyl (C=O) groups is 2. The first-order valence-corrected chi connectivity index (χ1v) is 6.66. The first-order valence-electron chi connectivity index (χ1n) is 6.66. The molecule has 2 atom stereocenters. The average molecular weight is 316 g/mol. The Morgan fingerprint density at radius 1 is 1.18 bits per heavy atom. The molecule has 0 aliphatic heterocycles. The Morgan fingerprint density at radius 2 is 1.86 bits per heavy atom. The lowest BCUT2D eigenvalue weighted by Crippen LogP contribution is -2.30. The van der Waals surface area contributed by atoms with Crippen LogP contribution in [-0.4, -0.2) is 32.1 Å². The molecule has 0 saturated heterocycles. The van der Waals surface area contributed by atoms with Crippen molar-refractivity contribution in [2.24, 2.45) is 11.8 Å². The van der Waals surface area contributed by atoms with Gasteiger partial charge in [-0.05, 0) is 18.6 Å². The molecule has 0 spiro atoms. The number of rotatable bonds is 6. The molecule has 2 N–H and O–H groups in total. The summed E-state index contributed by atoms with van der Waals surface area (Å²) in [6.07, 6.45) is 0.329. The van der Waals surface area contributed by atoms with E-state index in [9.17, 15) is 22.8 Å². The molecule has 1 aliphatic carbocycles. The molecule has 1 aromatic carbocycles. The molecule has 1 saturated carbocycles. The Hall–Kier alpha value is -2.09. The highest BCUT2D eigenvalue weighted by molar-refractivity contribution is 5.99. The van der Waals surface area contributed by atoms with E-state index in [1.165, 1.54) is 7.11 Å². The predicted octanol–water partition coefficient (Wildman–Crippen LogP) is 1.44. The van der Waals surface area contributed by atoms with Crippen LogP contribution < -0.4 is 10.6 Å². The minimum absolute atomic E-state index is 0.289. The highest BCUT2D eigenvalue weighted by Gasteiger charge is 2.48. The molecule has 1 aliphatic rings. The summed E-state index contributed by atoms with van der Waals surface area (Å²) in [5.74, 6) is -6.44. The molecular weight excluding hydrogens is 301 g/mol. The number of hydrogen-bond acceptors (Lipinski definition) is 3. The van der Waals surface area contributed by atoms with Crippen LogP contribution in [0.3, 0.4) is 0 Å². The van der Waals surface area contributed by atoms with Gasteiger partial charge in [0.1, 0.15) is 0 Å². The van der Waals surface area contributed by atoms with Crippen LogP contribution in [0.4, 0.5) is 18.9 Å². The fourth-order valence-electron chi connectivity index (χ4n) is 2.03. The Morgan fingerprint density at radius 3 is 2.55 bits per heavy atom. The van der Waals surface area contributed by atoms with Crippen molar-refractivity contribution in [3.63, 3.8) is 0 Å². The first-order chi connectivity index (χ1) is 10.5. The van der Waals surface area contributed by atoms with E-state index in [1.807, 2.05) is 0 Å². The predicted molar refractivity (Wildman–Crippen MR) is 71.4 cm³/mol. The Kier molecular flexibility index (Phi) is 5.02. The van der Waals surface area contributed by atoms with Gasteiger partial charge in [-0.25, -0.2) is 13.2 Å². The minimum Gasteiger partial charge on any atom is -0.383 e. The minimum atomic E-state index is -1.65. The van der Waals surface area contributed by atoms with Gasteiger partial charge in [-0.2, -0.15) is 0 Å². The van der Waals surface area contributed by atoms with Crippen molar-refractivity contribution >= 4 is 17.5 Å². The van der Waals surface area contributed by atoms with Crippen LogP contribution in [0.15, 0.2) is 12.1 Å². The molecular formula is C14H15F3N2O3. The molecule has 8 heteroatoms. The fourth-order valence-corrected chi connectivity index (χ4v) is 2.03. The Bertz CT molecular complexity index is 595. The van der Waals surface area contributed by atoms with Crippen molar-refractivity contribution in [1.29, 1.82) is 0 Å². The van der Waals surface area contributed by atoms with E-state index in [2.05, 4.69) is 10.6 Å². The number of halogens is 3. The summed E-state index contributed by atoms with van der Waals surface area (Å²) in [6, 6.07) is 1.65. The molecule has 22 heavy (non-hydrogen) atoms. The van der Waals surface area contributed by atoms with Gasteiger partial charge in [0.2, 0.25) is 11.8 Å². The molecule has 5 nitrogen and oxygen atoms in total. The van der Waals surface area contributed by atoms with Crippen molar-refractivity contribution in [1.82, 2.24) is 5.32 Å². The number of amides is 2. The fraction of sp³-hybridized carbons (Fsp3) is 0.429. The SMILES string of the molecule is COCCNC(=O)C1CC1C(=O)Nc1ccc(F)c(F)c1F. The van der Waals surface area contributed by atoms with E-state index in [-0.39, 0.29) is 5.91 Å². The molecule has 1 aromatic rings. The smallest absolute Gasteiger partial charge is 0.228 e. The maximum absolute atomic E-state index is 13.4. The first kappa shape index (κ1) is 16.3. The highest BCUT2D eigenvalue weighted by atomic mass is 19.2. The van der Waals surface area contributed by atoms with Crippen molar-refractivity contribution in [3.8, 4) is 0 Å². The van der Waals surface area contributed by atoms with Gasteiger partial charge in [-0.3, -0.25) is 9.59 Å². The summed E-state index contributed by atoms with van der Waals surface area (Å²) in [6.45, 7) is 0.688. The largest absolute Gasteiger partial charge is 0.383 e. The maximum atomic E-state index is 13.4. The summed E-state index contributed by atoms with van der Waals surface area (Å²) >= 11 is 0. The number of anilines is 1. The Labute approximate surface area is 124 Å². The zero-order chi connectivity index (χ0) is 16.3. The molecule has 0 bridgehead atoms. The average Bonchev–Trinajstić information content (AvgIpc) is 3.28.